The number of benzene rings is 1. The van der Waals surface area contributed by atoms with E-state index in [1.807, 2.05) is 19.1 Å². The van der Waals surface area contributed by atoms with Crippen molar-refractivity contribution in [2.24, 2.45) is 5.92 Å². The standard InChI is InChI=1S/C19H20N2O5/c1-12(15-3-2-6-24-15)20-19(23)13-9-18(22)21(11-13)14-4-5-16-17(10-14)26-8-7-25-16/h2-6,10,12-13H,7-9,11H2,1H3,(H,20,23). The number of fused-ring (bicyclic) bond motifs is 1. The molecular weight excluding hydrogens is 336 g/mol. The first-order chi connectivity index (χ1) is 12.6. The lowest BCUT2D eigenvalue weighted by molar-refractivity contribution is -0.127. The van der Waals surface area contributed by atoms with Gasteiger partial charge in [-0.2, -0.15) is 0 Å². The summed E-state index contributed by atoms with van der Waals surface area (Å²) in [5.41, 5.74) is 0.716. The Balaban J connectivity index is 1.44. The Kier molecular flexibility index (Phi) is 4.28. The molecule has 2 aromatic rings. The summed E-state index contributed by atoms with van der Waals surface area (Å²) in [6, 6.07) is 8.75. The van der Waals surface area contributed by atoms with Gasteiger partial charge in [0.25, 0.3) is 0 Å². The Morgan fingerprint density at radius 3 is 2.81 bits per heavy atom. The van der Waals surface area contributed by atoms with Crippen LogP contribution in [0.25, 0.3) is 0 Å². The van der Waals surface area contributed by atoms with Gasteiger partial charge in [0.15, 0.2) is 11.5 Å². The lowest BCUT2D eigenvalue weighted by atomic mass is 10.1. The fourth-order valence-corrected chi connectivity index (χ4v) is 3.27. The van der Waals surface area contributed by atoms with Crippen LogP contribution in [0.3, 0.4) is 0 Å². The van der Waals surface area contributed by atoms with E-state index < -0.39 is 5.92 Å². The van der Waals surface area contributed by atoms with Crippen molar-refractivity contribution < 1.29 is 23.5 Å². The van der Waals surface area contributed by atoms with Gasteiger partial charge in [-0.15, -0.1) is 0 Å². The molecule has 2 unspecified atom stereocenters. The van der Waals surface area contributed by atoms with Crippen LogP contribution in [0.5, 0.6) is 11.5 Å². The van der Waals surface area contributed by atoms with Gasteiger partial charge in [-0.25, -0.2) is 0 Å². The van der Waals surface area contributed by atoms with E-state index in [0.717, 1.165) is 0 Å². The number of hydrogen-bond donors (Lipinski definition) is 1. The molecule has 2 atom stereocenters. The van der Waals surface area contributed by atoms with Crippen LogP contribution < -0.4 is 19.7 Å². The maximum absolute atomic E-state index is 12.5. The zero-order valence-corrected chi connectivity index (χ0v) is 14.4. The van der Waals surface area contributed by atoms with Crippen molar-refractivity contribution in [2.45, 2.75) is 19.4 Å². The van der Waals surface area contributed by atoms with Crippen molar-refractivity contribution in [3.63, 3.8) is 0 Å². The normalized spacial score (nSPS) is 20.1. The molecule has 7 heteroatoms. The highest BCUT2D eigenvalue weighted by molar-refractivity contribution is 6.00. The molecule has 0 radical (unpaired) electrons. The van der Waals surface area contributed by atoms with Crippen LogP contribution in [0.15, 0.2) is 41.0 Å². The predicted octanol–water partition coefficient (Wildman–Crippen LogP) is 2.28. The van der Waals surface area contributed by atoms with E-state index in [-0.39, 0.29) is 24.3 Å². The Hall–Kier alpha value is -2.96. The number of hydrogen-bond acceptors (Lipinski definition) is 5. The number of carbonyl (C=O) groups excluding carboxylic acids is 2. The fraction of sp³-hybridized carbons (Fsp3) is 0.368. The van der Waals surface area contributed by atoms with E-state index in [1.165, 1.54) is 0 Å². The Morgan fingerprint density at radius 1 is 1.23 bits per heavy atom. The third-order valence-electron chi connectivity index (χ3n) is 4.66. The van der Waals surface area contributed by atoms with Crippen molar-refractivity contribution in [2.75, 3.05) is 24.7 Å². The molecular formula is C19H20N2O5. The third-order valence-corrected chi connectivity index (χ3v) is 4.66. The van der Waals surface area contributed by atoms with Gasteiger partial charge < -0.3 is 24.1 Å². The minimum atomic E-state index is -0.395. The summed E-state index contributed by atoms with van der Waals surface area (Å²) in [6.07, 6.45) is 1.76. The zero-order chi connectivity index (χ0) is 18.1. The van der Waals surface area contributed by atoms with Gasteiger partial charge in [0, 0.05) is 24.7 Å². The molecule has 2 aliphatic rings. The van der Waals surface area contributed by atoms with Gasteiger partial charge in [0.05, 0.1) is 18.2 Å². The van der Waals surface area contributed by atoms with Crippen LogP contribution in [0.4, 0.5) is 5.69 Å². The smallest absolute Gasteiger partial charge is 0.227 e. The number of nitrogens with one attached hydrogen (secondary N) is 1. The quantitative estimate of drug-likeness (QED) is 0.909. The molecule has 2 amide bonds. The minimum Gasteiger partial charge on any atom is -0.486 e. The van der Waals surface area contributed by atoms with Crippen LogP contribution in [0.1, 0.15) is 25.1 Å². The Morgan fingerprint density at radius 2 is 2.04 bits per heavy atom. The summed E-state index contributed by atoms with van der Waals surface area (Å²) in [5, 5.41) is 2.91. The molecule has 1 N–H and O–H groups in total. The summed E-state index contributed by atoms with van der Waals surface area (Å²) in [7, 11) is 0. The molecule has 7 nitrogen and oxygen atoms in total. The monoisotopic (exact) mass is 356 g/mol. The summed E-state index contributed by atoms with van der Waals surface area (Å²) < 4.78 is 16.4. The molecule has 0 spiro atoms. The number of amides is 2. The lowest BCUT2D eigenvalue weighted by Crippen LogP contribution is -2.34. The summed E-state index contributed by atoms with van der Waals surface area (Å²) in [6.45, 7) is 3.20. The number of nitrogens with zero attached hydrogens (tertiary/aromatic N) is 1. The van der Waals surface area contributed by atoms with Crippen molar-refractivity contribution in [3.8, 4) is 11.5 Å². The Bertz CT molecular complexity index is 817. The number of anilines is 1. The van der Waals surface area contributed by atoms with Crippen LogP contribution >= 0.6 is 0 Å². The molecule has 0 saturated carbocycles. The molecule has 2 aliphatic heterocycles. The second-order valence-electron chi connectivity index (χ2n) is 6.48. The predicted molar refractivity (Wildman–Crippen MR) is 93.2 cm³/mol. The topological polar surface area (TPSA) is 81.0 Å². The van der Waals surface area contributed by atoms with Crippen LogP contribution in [0.2, 0.25) is 0 Å². The van der Waals surface area contributed by atoms with E-state index in [1.54, 1.807) is 29.4 Å². The molecule has 0 aliphatic carbocycles. The maximum Gasteiger partial charge on any atom is 0.227 e. The maximum atomic E-state index is 12.5. The van der Waals surface area contributed by atoms with E-state index in [2.05, 4.69) is 5.32 Å². The molecule has 3 heterocycles. The van der Waals surface area contributed by atoms with Crippen molar-refractivity contribution in [3.05, 3.63) is 42.4 Å². The van der Waals surface area contributed by atoms with E-state index in [0.29, 0.717) is 42.7 Å². The second kappa shape index (κ2) is 6.74. The van der Waals surface area contributed by atoms with Crippen molar-refractivity contribution >= 4 is 17.5 Å². The van der Waals surface area contributed by atoms with Gasteiger partial charge in [-0.05, 0) is 31.2 Å². The summed E-state index contributed by atoms with van der Waals surface area (Å²) in [5.74, 6) is 1.36. The summed E-state index contributed by atoms with van der Waals surface area (Å²) in [4.78, 5) is 26.6. The van der Waals surface area contributed by atoms with Gasteiger partial charge in [0.2, 0.25) is 11.8 Å². The van der Waals surface area contributed by atoms with E-state index >= 15 is 0 Å². The fourth-order valence-electron chi connectivity index (χ4n) is 3.27. The second-order valence-corrected chi connectivity index (χ2v) is 6.48. The molecule has 0 bridgehead atoms. The molecule has 1 aromatic heterocycles. The largest absolute Gasteiger partial charge is 0.486 e. The molecule has 136 valence electrons. The Labute approximate surface area is 150 Å². The molecule has 4 rings (SSSR count). The van der Waals surface area contributed by atoms with Crippen molar-refractivity contribution in [1.29, 1.82) is 0 Å². The van der Waals surface area contributed by atoms with E-state index in [9.17, 15) is 9.59 Å². The van der Waals surface area contributed by atoms with Gasteiger partial charge in [-0.3, -0.25) is 9.59 Å². The number of carbonyl (C=O) groups is 2. The first kappa shape index (κ1) is 16.5. The summed E-state index contributed by atoms with van der Waals surface area (Å²) >= 11 is 0. The highest BCUT2D eigenvalue weighted by atomic mass is 16.6. The molecule has 1 saturated heterocycles. The number of furan rings is 1. The zero-order valence-electron chi connectivity index (χ0n) is 14.4. The first-order valence-electron chi connectivity index (χ1n) is 8.65. The van der Waals surface area contributed by atoms with Gasteiger partial charge in [-0.1, -0.05) is 0 Å². The van der Waals surface area contributed by atoms with E-state index in [4.69, 9.17) is 13.9 Å². The highest BCUT2D eigenvalue weighted by Gasteiger charge is 2.36. The average Bonchev–Trinajstić information content (AvgIpc) is 3.31. The molecule has 1 aromatic carbocycles. The molecule has 1 fully saturated rings. The van der Waals surface area contributed by atoms with Crippen LogP contribution in [-0.2, 0) is 9.59 Å². The van der Waals surface area contributed by atoms with Crippen LogP contribution in [0, 0.1) is 5.92 Å². The SMILES string of the molecule is CC(NC(=O)C1CC(=O)N(c2ccc3c(c2)OCCO3)C1)c1ccco1. The highest BCUT2D eigenvalue weighted by Crippen LogP contribution is 2.36. The average molecular weight is 356 g/mol. The lowest BCUT2D eigenvalue weighted by Gasteiger charge is -2.22. The first-order valence-corrected chi connectivity index (χ1v) is 8.65. The minimum absolute atomic E-state index is 0.0764. The van der Waals surface area contributed by atoms with Gasteiger partial charge in [0.1, 0.15) is 19.0 Å². The number of rotatable bonds is 4. The third kappa shape index (κ3) is 3.12. The number of ether oxygens (including phenoxy) is 2. The van der Waals surface area contributed by atoms with Gasteiger partial charge >= 0.3 is 0 Å². The van der Waals surface area contributed by atoms with Crippen LogP contribution in [-0.4, -0.2) is 31.6 Å². The molecule has 26 heavy (non-hydrogen) atoms. The van der Waals surface area contributed by atoms with Crippen molar-refractivity contribution in [1.82, 2.24) is 5.32 Å².